The van der Waals surface area contributed by atoms with Crippen LogP contribution in [0.15, 0.2) is 93.9 Å². The van der Waals surface area contributed by atoms with E-state index in [2.05, 4.69) is 9.71 Å². The van der Waals surface area contributed by atoms with E-state index in [0.29, 0.717) is 29.3 Å². The highest BCUT2D eigenvalue weighted by molar-refractivity contribution is 7.90. The van der Waals surface area contributed by atoms with Gasteiger partial charge < -0.3 is 10.1 Å². The number of hydrogen-bond donors (Lipinski definition) is 1. The van der Waals surface area contributed by atoms with Crippen molar-refractivity contribution < 1.29 is 17.9 Å². The van der Waals surface area contributed by atoms with Gasteiger partial charge in [-0.05, 0) is 60.9 Å². The van der Waals surface area contributed by atoms with E-state index in [1.54, 1.807) is 72.8 Å². The van der Waals surface area contributed by atoms with Gasteiger partial charge in [0.1, 0.15) is 5.75 Å². The largest absolute Gasteiger partial charge is 0.494 e. The lowest BCUT2D eigenvalue weighted by Crippen LogP contribution is -2.22. The highest BCUT2D eigenvalue weighted by Crippen LogP contribution is 2.26. The number of rotatable bonds is 7. The number of benzene rings is 3. The number of nitrogens with zero attached hydrogens (tertiary/aromatic N) is 1. The second kappa shape index (κ2) is 9.65. The van der Waals surface area contributed by atoms with Crippen molar-refractivity contribution in [3.8, 4) is 5.75 Å². The monoisotopic (exact) mass is 474 g/mol. The Morgan fingerprint density at radius 1 is 0.912 bits per heavy atom. The predicted molar refractivity (Wildman–Crippen MR) is 134 cm³/mol. The minimum absolute atomic E-state index is 0.105. The van der Waals surface area contributed by atoms with Crippen molar-refractivity contribution in [1.29, 1.82) is 0 Å². The van der Waals surface area contributed by atoms with Gasteiger partial charge in [-0.3, -0.25) is 4.79 Å². The number of fused-ring (bicyclic) bond motifs is 1. The maximum absolute atomic E-state index is 13.1. The summed E-state index contributed by atoms with van der Waals surface area (Å²) in [6, 6.07) is 20.8. The third kappa shape index (κ3) is 4.94. The first-order chi connectivity index (χ1) is 16.3. The Morgan fingerprint density at radius 3 is 2.18 bits per heavy atom. The van der Waals surface area contributed by atoms with Crippen LogP contribution in [0.25, 0.3) is 0 Å². The van der Waals surface area contributed by atoms with E-state index >= 15 is 0 Å². The van der Waals surface area contributed by atoms with Crippen molar-refractivity contribution in [2.45, 2.75) is 31.6 Å². The molecule has 34 heavy (non-hydrogen) atoms. The summed E-state index contributed by atoms with van der Waals surface area (Å²) in [5.41, 5.74) is 3.04. The topological polar surface area (TPSA) is 84.8 Å². The lowest BCUT2D eigenvalue weighted by Gasteiger charge is -2.19. The van der Waals surface area contributed by atoms with Gasteiger partial charge in [-0.1, -0.05) is 50.2 Å². The SMILES string of the molecule is CCOc1ccc(NC2=CC(=NS(=O)(=O)c3ccc(C(C)C)cc3)c3ccccc3C2=O)cc1. The molecule has 0 heterocycles. The molecule has 3 aromatic rings. The summed E-state index contributed by atoms with van der Waals surface area (Å²) < 4.78 is 35.8. The molecular weight excluding hydrogens is 448 g/mol. The first-order valence-corrected chi connectivity index (χ1v) is 12.5. The van der Waals surface area contributed by atoms with Crippen LogP contribution in [0, 0.1) is 0 Å². The fourth-order valence-electron chi connectivity index (χ4n) is 3.66. The highest BCUT2D eigenvalue weighted by atomic mass is 32.2. The number of ketones is 1. The smallest absolute Gasteiger partial charge is 0.282 e. The first kappa shape index (κ1) is 23.4. The van der Waals surface area contributed by atoms with Gasteiger partial charge in [0, 0.05) is 16.8 Å². The number of nitrogens with one attached hydrogen (secondary N) is 1. The van der Waals surface area contributed by atoms with E-state index in [1.807, 2.05) is 20.8 Å². The molecule has 1 aliphatic rings. The molecule has 0 amide bonds. The average Bonchev–Trinajstić information content (AvgIpc) is 2.83. The molecule has 0 saturated carbocycles. The summed E-state index contributed by atoms with van der Waals surface area (Å²) in [6.07, 6.45) is 1.49. The summed E-state index contributed by atoms with van der Waals surface area (Å²) in [5.74, 6) is 0.778. The van der Waals surface area contributed by atoms with Gasteiger partial charge in [0.05, 0.1) is 22.9 Å². The molecule has 0 spiro atoms. The van der Waals surface area contributed by atoms with Gasteiger partial charge in [-0.15, -0.1) is 0 Å². The molecule has 4 rings (SSSR count). The molecular formula is C27H26N2O4S. The van der Waals surface area contributed by atoms with Crippen molar-refractivity contribution in [1.82, 2.24) is 0 Å². The Bertz CT molecular complexity index is 1370. The number of sulfonamides is 1. The number of allylic oxidation sites excluding steroid dienone is 2. The summed E-state index contributed by atoms with van der Waals surface area (Å²) in [4.78, 5) is 13.2. The Labute approximate surface area is 200 Å². The van der Waals surface area contributed by atoms with Crippen LogP contribution >= 0.6 is 0 Å². The molecule has 6 nitrogen and oxygen atoms in total. The van der Waals surface area contributed by atoms with Gasteiger partial charge in [0.25, 0.3) is 10.0 Å². The molecule has 0 radical (unpaired) electrons. The third-order valence-electron chi connectivity index (χ3n) is 5.48. The molecule has 0 unspecified atom stereocenters. The first-order valence-electron chi connectivity index (χ1n) is 11.1. The maximum Gasteiger partial charge on any atom is 0.282 e. The predicted octanol–water partition coefficient (Wildman–Crippen LogP) is 5.58. The Hall–Kier alpha value is -3.71. The summed E-state index contributed by atoms with van der Waals surface area (Å²) >= 11 is 0. The van der Waals surface area contributed by atoms with Crippen LogP contribution < -0.4 is 10.1 Å². The van der Waals surface area contributed by atoms with Crippen LogP contribution in [0.5, 0.6) is 5.75 Å². The third-order valence-corrected chi connectivity index (χ3v) is 6.79. The van der Waals surface area contributed by atoms with E-state index in [4.69, 9.17) is 4.74 Å². The molecule has 1 aliphatic carbocycles. The van der Waals surface area contributed by atoms with Gasteiger partial charge in [-0.2, -0.15) is 12.8 Å². The molecule has 0 fully saturated rings. The summed E-state index contributed by atoms with van der Waals surface area (Å²) in [7, 11) is -3.98. The average molecular weight is 475 g/mol. The number of carbonyl (C=O) groups excluding carboxylic acids is 1. The van der Waals surface area contributed by atoms with E-state index in [0.717, 1.165) is 11.3 Å². The quantitative estimate of drug-likeness (QED) is 0.483. The lowest BCUT2D eigenvalue weighted by atomic mass is 9.92. The molecule has 0 saturated heterocycles. The Balaban J connectivity index is 1.72. The second-order valence-electron chi connectivity index (χ2n) is 8.19. The number of anilines is 1. The maximum atomic E-state index is 13.1. The molecule has 0 atom stereocenters. The molecule has 7 heteroatoms. The van der Waals surface area contributed by atoms with Crippen LogP contribution in [0.4, 0.5) is 5.69 Å². The van der Waals surface area contributed by atoms with Gasteiger partial charge in [-0.25, -0.2) is 0 Å². The molecule has 0 aliphatic heterocycles. The van der Waals surface area contributed by atoms with Crippen LogP contribution in [0.3, 0.4) is 0 Å². The number of ether oxygens (including phenoxy) is 1. The molecule has 0 aromatic heterocycles. The van der Waals surface area contributed by atoms with Crippen molar-refractivity contribution in [3.63, 3.8) is 0 Å². The Kier molecular flexibility index (Phi) is 6.65. The zero-order valence-electron chi connectivity index (χ0n) is 19.3. The van der Waals surface area contributed by atoms with Crippen LogP contribution in [0.2, 0.25) is 0 Å². The summed E-state index contributed by atoms with van der Waals surface area (Å²) in [6.45, 7) is 6.55. The standard InChI is InChI=1S/C27H26N2O4S/c1-4-33-21-13-11-20(12-14-21)28-26-17-25(23-7-5-6-8-24(23)27(26)30)29-34(31,32)22-15-9-19(10-16-22)18(2)3/h5-18,28H,4H2,1-3H3. The van der Waals surface area contributed by atoms with E-state index in [1.165, 1.54) is 6.08 Å². The molecule has 0 bridgehead atoms. The second-order valence-corrected chi connectivity index (χ2v) is 9.79. The zero-order chi connectivity index (χ0) is 24.3. The van der Waals surface area contributed by atoms with Gasteiger partial charge >= 0.3 is 0 Å². The lowest BCUT2D eigenvalue weighted by molar-refractivity contribution is 0.103. The number of Topliss-reactive ketones (excluding diaryl/α,β-unsaturated/α-hetero) is 1. The van der Waals surface area contributed by atoms with E-state index in [-0.39, 0.29) is 22.1 Å². The summed E-state index contributed by atoms with van der Waals surface area (Å²) in [5, 5.41) is 3.10. The fourth-order valence-corrected chi connectivity index (χ4v) is 4.66. The van der Waals surface area contributed by atoms with Gasteiger partial charge in [0.15, 0.2) is 0 Å². The van der Waals surface area contributed by atoms with E-state index in [9.17, 15) is 13.2 Å². The number of hydrogen-bond acceptors (Lipinski definition) is 5. The molecule has 3 aromatic carbocycles. The van der Waals surface area contributed by atoms with Crippen LogP contribution in [0.1, 0.15) is 48.2 Å². The van der Waals surface area contributed by atoms with Crippen LogP contribution in [-0.4, -0.2) is 26.5 Å². The molecule has 1 N–H and O–H groups in total. The van der Waals surface area contributed by atoms with Gasteiger partial charge in [0.2, 0.25) is 5.78 Å². The normalized spacial score (nSPS) is 14.6. The van der Waals surface area contributed by atoms with Crippen LogP contribution in [-0.2, 0) is 10.0 Å². The minimum atomic E-state index is -3.98. The number of carbonyl (C=O) groups is 1. The van der Waals surface area contributed by atoms with E-state index < -0.39 is 10.0 Å². The van der Waals surface area contributed by atoms with Crippen molar-refractivity contribution in [3.05, 3.63) is 101 Å². The minimum Gasteiger partial charge on any atom is -0.494 e. The zero-order valence-corrected chi connectivity index (χ0v) is 20.1. The van der Waals surface area contributed by atoms with Crippen molar-refractivity contribution in [2.75, 3.05) is 11.9 Å². The fraction of sp³-hybridized carbons (Fsp3) is 0.185. The highest BCUT2D eigenvalue weighted by Gasteiger charge is 2.26. The Morgan fingerprint density at radius 2 is 1.56 bits per heavy atom. The van der Waals surface area contributed by atoms with Crippen molar-refractivity contribution in [2.24, 2.45) is 4.40 Å². The molecule has 174 valence electrons. The van der Waals surface area contributed by atoms with Crippen molar-refractivity contribution >= 4 is 27.2 Å².